The third-order valence-electron chi connectivity index (χ3n) is 3.61. The fourth-order valence-electron chi connectivity index (χ4n) is 2.12. The van der Waals surface area contributed by atoms with Gasteiger partial charge in [-0.15, -0.1) is 0 Å². The normalized spacial score (nSPS) is 16.7. The number of carbonyl (C=O) groups is 2. The first-order chi connectivity index (χ1) is 12.7. The second-order valence-electron chi connectivity index (χ2n) is 5.34. The number of urea groups is 1. The Morgan fingerprint density at radius 2 is 1.89 bits per heavy atom. The standard InChI is InChI=1S/C15H19N5O6S/c1-9-16-15(26-4)18-13(20(9)2)17-14(22)19-27(23,24)11-8-6-5-7-10(11)12(21)25-3/h5-9H,1-4H3,(H2,16,17,18,19,22). The van der Waals surface area contributed by atoms with Crippen molar-refractivity contribution in [2.24, 2.45) is 9.98 Å². The minimum atomic E-state index is -4.34. The molecule has 0 spiro atoms. The van der Waals surface area contributed by atoms with Crippen LogP contribution in [0, 0.1) is 0 Å². The van der Waals surface area contributed by atoms with E-state index in [0.717, 1.165) is 7.11 Å². The van der Waals surface area contributed by atoms with Gasteiger partial charge in [-0.3, -0.25) is 5.32 Å². The average Bonchev–Trinajstić information content (AvgIpc) is 2.64. The number of esters is 1. The van der Waals surface area contributed by atoms with Crippen LogP contribution in [-0.2, 0) is 19.5 Å². The van der Waals surface area contributed by atoms with Gasteiger partial charge in [-0.05, 0) is 19.1 Å². The summed E-state index contributed by atoms with van der Waals surface area (Å²) in [6, 6.07) is 4.33. The molecule has 0 radical (unpaired) electrons. The van der Waals surface area contributed by atoms with E-state index in [4.69, 9.17) is 4.74 Å². The molecule has 2 amide bonds. The third-order valence-corrected chi connectivity index (χ3v) is 5.00. The maximum atomic E-state index is 12.5. The molecule has 27 heavy (non-hydrogen) atoms. The van der Waals surface area contributed by atoms with Crippen LogP contribution in [0.2, 0.25) is 0 Å². The van der Waals surface area contributed by atoms with Crippen LogP contribution in [0.15, 0.2) is 39.1 Å². The molecule has 1 aromatic rings. The highest BCUT2D eigenvalue weighted by atomic mass is 32.2. The zero-order valence-electron chi connectivity index (χ0n) is 15.1. The predicted molar refractivity (Wildman–Crippen MR) is 95.7 cm³/mol. The molecule has 1 aliphatic heterocycles. The Bertz CT molecular complexity index is 911. The van der Waals surface area contributed by atoms with Crippen molar-refractivity contribution in [2.45, 2.75) is 18.0 Å². The molecule has 1 unspecified atom stereocenters. The molecule has 0 saturated heterocycles. The third kappa shape index (κ3) is 4.53. The summed E-state index contributed by atoms with van der Waals surface area (Å²) >= 11 is 0. The van der Waals surface area contributed by atoms with Crippen LogP contribution in [0.3, 0.4) is 0 Å². The van der Waals surface area contributed by atoms with E-state index in [1.807, 2.05) is 4.72 Å². The Balaban J connectivity index is 2.22. The molecule has 11 nitrogen and oxygen atoms in total. The Kier molecular flexibility index (Phi) is 6.00. The molecule has 146 valence electrons. The van der Waals surface area contributed by atoms with Gasteiger partial charge in [0.15, 0.2) is 0 Å². The van der Waals surface area contributed by atoms with Crippen LogP contribution >= 0.6 is 0 Å². The van der Waals surface area contributed by atoms with Gasteiger partial charge >= 0.3 is 18.0 Å². The summed E-state index contributed by atoms with van der Waals surface area (Å²) in [6.45, 7) is 1.73. The largest absolute Gasteiger partial charge is 0.467 e. The fourth-order valence-corrected chi connectivity index (χ4v) is 3.22. The van der Waals surface area contributed by atoms with Crippen LogP contribution in [-0.4, -0.2) is 64.7 Å². The molecule has 2 N–H and O–H groups in total. The van der Waals surface area contributed by atoms with Crippen molar-refractivity contribution in [1.29, 1.82) is 0 Å². The second kappa shape index (κ2) is 8.03. The van der Waals surface area contributed by atoms with Crippen molar-refractivity contribution in [3.8, 4) is 0 Å². The number of carbonyl (C=O) groups excluding carboxylic acids is 2. The minimum Gasteiger partial charge on any atom is -0.467 e. The number of hydrogen-bond acceptors (Lipinski definition) is 9. The summed E-state index contributed by atoms with van der Waals surface area (Å²) in [7, 11) is -0.241. The number of hydrogen-bond donors (Lipinski definition) is 2. The Labute approximate surface area is 156 Å². The summed E-state index contributed by atoms with van der Waals surface area (Å²) in [5, 5.41) is 2.32. The molecule has 0 fully saturated rings. The lowest BCUT2D eigenvalue weighted by atomic mass is 10.2. The molecule has 1 heterocycles. The first kappa shape index (κ1) is 20.2. The van der Waals surface area contributed by atoms with Crippen LogP contribution in [0.5, 0.6) is 0 Å². The maximum absolute atomic E-state index is 12.5. The number of rotatable bonds is 3. The highest BCUT2D eigenvalue weighted by Gasteiger charge is 2.27. The van der Waals surface area contributed by atoms with Crippen LogP contribution in [0.4, 0.5) is 4.79 Å². The van der Waals surface area contributed by atoms with Gasteiger partial charge in [0.05, 0.1) is 19.8 Å². The van der Waals surface area contributed by atoms with Crippen LogP contribution in [0.25, 0.3) is 0 Å². The molecule has 1 atom stereocenters. The van der Waals surface area contributed by atoms with E-state index >= 15 is 0 Å². The molecule has 12 heteroatoms. The Hall–Kier alpha value is -3.15. The number of ether oxygens (including phenoxy) is 2. The van der Waals surface area contributed by atoms with Crippen LogP contribution in [0.1, 0.15) is 17.3 Å². The molecule has 2 rings (SSSR count). The lowest BCUT2D eigenvalue weighted by Crippen LogP contribution is -2.52. The van der Waals surface area contributed by atoms with Gasteiger partial charge < -0.3 is 14.4 Å². The van der Waals surface area contributed by atoms with Gasteiger partial charge in [-0.2, -0.15) is 4.99 Å². The summed E-state index contributed by atoms with van der Waals surface area (Å²) in [4.78, 5) is 33.1. The van der Waals surface area contributed by atoms with Gasteiger partial charge in [-0.1, -0.05) is 12.1 Å². The van der Waals surface area contributed by atoms with Gasteiger partial charge in [0, 0.05) is 7.05 Å². The van der Waals surface area contributed by atoms with Crippen molar-refractivity contribution >= 4 is 34.0 Å². The Morgan fingerprint density at radius 3 is 2.52 bits per heavy atom. The topological polar surface area (TPSA) is 139 Å². The highest BCUT2D eigenvalue weighted by Crippen LogP contribution is 2.16. The van der Waals surface area contributed by atoms with Gasteiger partial charge in [-0.25, -0.2) is 27.7 Å². The van der Waals surface area contributed by atoms with E-state index in [1.54, 1.807) is 14.0 Å². The van der Waals surface area contributed by atoms with E-state index in [2.05, 4.69) is 20.0 Å². The van der Waals surface area contributed by atoms with Crippen molar-refractivity contribution in [3.05, 3.63) is 29.8 Å². The summed E-state index contributed by atoms with van der Waals surface area (Å²) < 4.78 is 36.4. The van der Waals surface area contributed by atoms with E-state index in [0.29, 0.717) is 0 Å². The van der Waals surface area contributed by atoms with E-state index in [1.165, 1.54) is 36.3 Å². The molecule has 1 aromatic carbocycles. The molecule has 0 aromatic heterocycles. The quantitative estimate of drug-likeness (QED) is 0.690. The summed E-state index contributed by atoms with van der Waals surface area (Å²) in [6.07, 6.45) is -0.385. The lowest BCUT2D eigenvalue weighted by molar-refractivity contribution is 0.0596. The summed E-state index contributed by atoms with van der Waals surface area (Å²) in [5.41, 5.74) is -0.199. The zero-order chi connectivity index (χ0) is 20.2. The molecule has 0 saturated carbocycles. The number of nitrogens with zero attached hydrogens (tertiary/aromatic N) is 3. The van der Waals surface area contributed by atoms with Gasteiger partial charge in [0.2, 0.25) is 5.96 Å². The maximum Gasteiger partial charge on any atom is 0.339 e. The zero-order valence-corrected chi connectivity index (χ0v) is 15.9. The van der Waals surface area contributed by atoms with Gasteiger partial charge in [0.25, 0.3) is 10.0 Å². The van der Waals surface area contributed by atoms with Crippen molar-refractivity contribution < 1.29 is 27.5 Å². The fraction of sp³-hybridized carbons (Fsp3) is 0.333. The molecule has 0 aliphatic carbocycles. The number of amides is 2. The predicted octanol–water partition coefficient (Wildman–Crippen LogP) is 0.111. The van der Waals surface area contributed by atoms with Crippen molar-refractivity contribution in [1.82, 2.24) is 14.9 Å². The number of amidine groups is 1. The molecule has 0 bridgehead atoms. The number of aliphatic imine (C=N–C) groups is 2. The Morgan fingerprint density at radius 1 is 1.22 bits per heavy atom. The molecular formula is C15H19N5O6S. The van der Waals surface area contributed by atoms with E-state index in [-0.39, 0.29) is 23.7 Å². The number of methoxy groups -OCH3 is 2. The average molecular weight is 397 g/mol. The first-order valence-electron chi connectivity index (χ1n) is 7.64. The first-order valence-corrected chi connectivity index (χ1v) is 9.12. The molecule has 1 aliphatic rings. The smallest absolute Gasteiger partial charge is 0.339 e. The van der Waals surface area contributed by atoms with Crippen molar-refractivity contribution in [2.75, 3.05) is 21.3 Å². The van der Waals surface area contributed by atoms with Crippen LogP contribution < -0.4 is 10.0 Å². The number of nitrogens with one attached hydrogen (secondary N) is 2. The van der Waals surface area contributed by atoms with E-state index in [9.17, 15) is 18.0 Å². The minimum absolute atomic E-state index is 0.0368. The number of guanidine groups is 1. The lowest BCUT2D eigenvalue weighted by Gasteiger charge is -2.28. The van der Waals surface area contributed by atoms with Crippen molar-refractivity contribution in [3.63, 3.8) is 0 Å². The highest BCUT2D eigenvalue weighted by molar-refractivity contribution is 7.90. The summed E-state index contributed by atoms with van der Waals surface area (Å²) in [5.74, 6) is -0.800. The SMILES string of the molecule is COC(=O)c1ccccc1S(=O)(=O)NC(=O)NC1=NC(OC)=NC(C)N1C. The molecular weight excluding hydrogens is 378 g/mol. The van der Waals surface area contributed by atoms with E-state index < -0.39 is 26.9 Å². The number of benzene rings is 1. The second-order valence-corrected chi connectivity index (χ2v) is 6.99. The van der Waals surface area contributed by atoms with Gasteiger partial charge in [0.1, 0.15) is 11.1 Å². The number of sulfonamides is 1. The monoisotopic (exact) mass is 397 g/mol.